The van der Waals surface area contributed by atoms with Crippen LogP contribution in [0.3, 0.4) is 0 Å². The Bertz CT molecular complexity index is 319. The summed E-state index contributed by atoms with van der Waals surface area (Å²) in [5.41, 5.74) is 0. The van der Waals surface area contributed by atoms with Crippen molar-refractivity contribution in [2.75, 3.05) is 34.4 Å². The van der Waals surface area contributed by atoms with Gasteiger partial charge in [-0.25, -0.2) is 9.59 Å². The van der Waals surface area contributed by atoms with E-state index in [-0.39, 0.29) is 31.9 Å². The molecule has 0 saturated carbocycles. The number of aliphatic carboxylic acids is 1. The minimum absolute atomic E-state index is 0.116. The smallest absolute Gasteiger partial charge is 0.326 e. The molecule has 0 fully saturated rings. The Labute approximate surface area is 112 Å². The molecule has 110 valence electrons. The van der Waals surface area contributed by atoms with Crippen molar-refractivity contribution in [3.05, 3.63) is 0 Å². The van der Waals surface area contributed by atoms with Crippen molar-refractivity contribution in [3.8, 4) is 0 Å². The van der Waals surface area contributed by atoms with E-state index in [1.807, 2.05) is 0 Å². The van der Waals surface area contributed by atoms with Crippen molar-refractivity contribution in [2.24, 2.45) is 0 Å². The van der Waals surface area contributed by atoms with Gasteiger partial charge in [0, 0.05) is 47.2 Å². The van der Waals surface area contributed by atoms with Gasteiger partial charge in [-0.15, -0.1) is 0 Å². The second kappa shape index (κ2) is 9.15. The summed E-state index contributed by atoms with van der Waals surface area (Å²) in [5.74, 6) is -1.24. The number of nitrogens with one attached hydrogen (secondary N) is 2. The maximum absolute atomic E-state index is 11.4. The summed E-state index contributed by atoms with van der Waals surface area (Å²) in [5, 5.41) is 13.6. The lowest BCUT2D eigenvalue weighted by molar-refractivity contribution is -0.139. The van der Waals surface area contributed by atoms with Crippen LogP contribution in [0.2, 0.25) is 0 Å². The topological polar surface area (TPSA) is 108 Å². The average molecular weight is 275 g/mol. The maximum atomic E-state index is 11.4. The summed E-state index contributed by atoms with van der Waals surface area (Å²) in [4.78, 5) is 34.9. The molecule has 19 heavy (non-hydrogen) atoms. The van der Waals surface area contributed by atoms with Crippen molar-refractivity contribution < 1.29 is 24.2 Å². The van der Waals surface area contributed by atoms with Crippen LogP contribution in [-0.2, 0) is 14.3 Å². The van der Waals surface area contributed by atoms with Crippen molar-refractivity contribution in [1.29, 1.82) is 0 Å². The van der Waals surface area contributed by atoms with Gasteiger partial charge in [-0.1, -0.05) is 0 Å². The summed E-state index contributed by atoms with van der Waals surface area (Å²) < 4.78 is 4.76. The van der Waals surface area contributed by atoms with E-state index in [4.69, 9.17) is 9.84 Å². The molecule has 0 radical (unpaired) electrons. The number of hydrogen-bond donors (Lipinski definition) is 3. The Kier molecular flexibility index (Phi) is 8.27. The van der Waals surface area contributed by atoms with E-state index in [0.717, 1.165) is 0 Å². The number of ether oxygens (including phenoxy) is 1. The zero-order chi connectivity index (χ0) is 14.8. The quantitative estimate of drug-likeness (QED) is 0.540. The average Bonchev–Trinajstić information content (AvgIpc) is 2.33. The third-order valence-corrected chi connectivity index (χ3v) is 2.34. The number of carboxylic acids is 1. The molecule has 0 aliphatic heterocycles. The van der Waals surface area contributed by atoms with Crippen LogP contribution in [0.1, 0.15) is 12.8 Å². The van der Waals surface area contributed by atoms with E-state index in [0.29, 0.717) is 0 Å². The van der Waals surface area contributed by atoms with E-state index >= 15 is 0 Å². The highest BCUT2D eigenvalue weighted by molar-refractivity contribution is 5.83. The van der Waals surface area contributed by atoms with Crippen molar-refractivity contribution in [2.45, 2.75) is 18.9 Å². The molecule has 8 heteroatoms. The Morgan fingerprint density at radius 2 is 1.95 bits per heavy atom. The fourth-order valence-electron chi connectivity index (χ4n) is 1.21. The Morgan fingerprint density at radius 3 is 2.42 bits per heavy atom. The number of methoxy groups -OCH3 is 1. The third kappa shape index (κ3) is 7.98. The number of carbonyl (C=O) groups excluding carboxylic acids is 2. The molecule has 0 rings (SSSR count). The molecule has 0 aliphatic carbocycles. The Balaban J connectivity index is 3.99. The standard InChI is InChI=1S/C11H21N3O5/c1-14(2)9(15)4-6-12-11(18)13-8(10(16)17)5-7-19-3/h8H,4-7H2,1-3H3,(H,16,17)(H2,12,13,18). The number of nitrogens with zero attached hydrogens (tertiary/aromatic N) is 1. The lowest BCUT2D eigenvalue weighted by Crippen LogP contribution is -2.47. The van der Waals surface area contributed by atoms with Crippen molar-refractivity contribution >= 4 is 17.9 Å². The molecule has 0 aromatic carbocycles. The first kappa shape index (κ1) is 17.2. The van der Waals surface area contributed by atoms with Gasteiger partial charge >= 0.3 is 12.0 Å². The molecule has 3 amide bonds. The molecule has 0 heterocycles. The first-order chi connectivity index (χ1) is 8.88. The number of carboxylic acid groups (broad SMARTS) is 1. The lowest BCUT2D eigenvalue weighted by atomic mass is 10.2. The summed E-state index contributed by atoms with van der Waals surface area (Å²) >= 11 is 0. The molecule has 0 aliphatic rings. The largest absolute Gasteiger partial charge is 0.480 e. The van der Waals surface area contributed by atoms with Gasteiger partial charge in [0.2, 0.25) is 5.91 Å². The molecular formula is C11H21N3O5. The zero-order valence-electron chi connectivity index (χ0n) is 11.4. The number of rotatable bonds is 8. The number of amides is 3. The molecule has 0 bridgehead atoms. The van der Waals surface area contributed by atoms with Gasteiger partial charge in [-0.2, -0.15) is 0 Å². The van der Waals surface area contributed by atoms with E-state index in [1.54, 1.807) is 14.1 Å². The number of carbonyl (C=O) groups is 3. The van der Waals surface area contributed by atoms with E-state index in [2.05, 4.69) is 10.6 Å². The highest BCUT2D eigenvalue weighted by atomic mass is 16.5. The molecule has 0 saturated heterocycles. The van der Waals surface area contributed by atoms with Crippen LogP contribution in [0.4, 0.5) is 4.79 Å². The molecule has 0 aromatic heterocycles. The van der Waals surface area contributed by atoms with Crippen LogP contribution in [0.5, 0.6) is 0 Å². The zero-order valence-corrected chi connectivity index (χ0v) is 11.4. The molecule has 1 unspecified atom stereocenters. The van der Waals surface area contributed by atoms with Crippen LogP contribution < -0.4 is 10.6 Å². The summed E-state index contributed by atoms with van der Waals surface area (Å²) in [6.07, 6.45) is 0.339. The minimum atomic E-state index is -1.13. The third-order valence-electron chi connectivity index (χ3n) is 2.34. The van der Waals surface area contributed by atoms with Gasteiger partial charge in [0.15, 0.2) is 0 Å². The second-order valence-corrected chi connectivity index (χ2v) is 4.11. The molecular weight excluding hydrogens is 254 g/mol. The summed E-state index contributed by atoms with van der Waals surface area (Å²) in [6, 6.07) is -1.63. The van der Waals surface area contributed by atoms with Crippen LogP contribution in [0, 0.1) is 0 Å². The molecule has 0 spiro atoms. The highest BCUT2D eigenvalue weighted by Crippen LogP contribution is 1.93. The SMILES string of the molecule is COCCC(NC(=O)NCCC(=O)N(C)C)C(=O)O. The molecule has 8 nitrogen and oxygen atoms in total. The van der Waals surface area contributed by atoms with Crippen LogP contribution >= 0.6 is 0 Å². The number of hydrogen-bond acceptors (Lipinski definition) is 4. The molecule has 0 aromatic rings. The van der Waals surface area contributed by atoms with E-state index in [1.165, 1.54) is 12.0 Å². The fraction of sp³-hybridized carbons (Fsp3) is 0.727. The van der Waals surface area contributed by atoms with Crippen molar-refractivity contribution in [3.63, 3.8) is 0 Å². The van der Waals surface area contributed by atoms with E-state index < -0.39 is 18.0 Å². The van der Waals surface area contributed by atoms with E-state index in [9.17, 15) is 14.4 Å². The molecule has 1 atom stereocenters. The van der Waals surface area contributed by atoms with Gasteiger partial charge in [-0.3, -0.25) is 4.79 Å². The first-order valence-electron chi connectivity index (χ1n) is 5.84. The monoisotopic (exact) mass is 275 g/mol. The first-order valence-corrected chi connectivity index (χ1v) is 5.84. The van der Waals surface area contributed by atoms with Crippen LogP contribution in [-0.4, -0.2) is 68.3 Å². The van der Waals surface area contributed by atoms with Crippen LogP contribution in [0.25, 0.3) is 0 Å². The highest BCUT2D eigenvalue weighted by Gasteiger charge is 2.19. The number of urea groups is 1. The fourth-order valence-corrected chi connectivity index (χ4v) is 1.21. The molecule has 3 N–H and O–H groups in total. The van der Waals surface area contributed by atoms with Gasteiger partial charge < -0.3 is 25.4 Å². The van der Waals surface area contributed by atoms with Crippen molar-refractivity contribution in [1.82, 2.24) is 15.5 Å². The normalized spacial score (nSPS) is 11.5. The van der Waals surface area contributed by atoms with Gasteiger partial charge in [0.25, 0.3) is 0 Å². The van der Waals surface area contributed by atoms with Gasteiger partial charge in [0.1, 0.15) is 6.04 Å². The lowest BCUT2D eigenvalue weighted by Gasteiger charge is -2.15. The summed E-state index contributed by atoms with van der Waals surface area (Å²) in [7, 11) is 4.69. The predicted molar refractivity (Wildman–Crippen MR) is 67.8 cm³/mol. The Morgan fingerprint density at radius 1 is 1.32 bits per heavy atom. The Hall–Kier alpha value is -1.83. The maximum Gasteiger partial charge on any atom is 0.326 e. The van der Waals surface area contributed by atoms with Crippen LogP contribution in [0.15, 0.2) is 0 Å². The van der Waals surface area contributed by atoms with Gasteiger partial charge in [0.05, 0.1) is 0 Å². The second-order valence-electron chi connectivity index (χ2n) is 4.11. The predicted octanol–water partition coefficient (Wildman–Crippen LogP) is -0.746. The minimum Gasteiger partial charge on any atom is -0.480 e. The van der Waals surface area contributed by atoms with Gasteiger partial charge in [-0.05, 0) is 0 Å². The summed E-state index contributed by atoms with van der Waals surface area (Å²) in [6.45, 7) is 0.385.